The van der Waals surface area contributed by atoms with E-state index in [-0.39, 0.29) is 0 Å². The van der Waals surface area contributed by atoms with Crippen LogP contribution in [-0.2, 0) is 4.79 Å². The number of piperidine rings is 1. The number of unbranched alkanes of at least 4 members (excludes halogenated alkanes) is 2. The van der Waals surface area contributed by atoms with Gasteiger partial charge in [-0.3, -0.25) is 4.79 Å². The molecule has 0 spiro atoms. The van der Waals surface area contributed by atoms with E-state index in [1.54, 1.807) is 0 Å². The summed E-state index contributed by atoms with van der Waals surface area (Å²) in [6, 6.07) is 0.718. The van der Waals surface area contributed by atoms with Crippen molar-refractivity contribution in [3.63, 3.8) is 0 Å². The first kappa shape index (κ1) is 13.5. The van der Waals surface area contributed by atoms with Crippen LogP contribution in [-0.4, -0.2) is 35.1 Å². The monoisotopic (exact) mass is 227 g/mol. The number of hydrogen-bond acceptors (Lipinski definition) is 2. The quantitative estimate of drug-likeness (QED) is 0.709. The lowest BCUT2D eigenvalue weighted by molar-refractivity contribution is -0.137. The van der Waals surface area contributed by atoms with Gasteiger partial charge in [-0.15, -0.1) is 0 Å². The lowest BCUT2D eigenvalue weighted by Gasteiger charge is -2.36. The zero-order valence-corrected chi connectivity index (χ0v) is 10.6. The summed E-state index contributed by atoms with van der Waals surface area (Å²) in [5, 5.41) is 8.53. The van der Waals surface area contributed by atoms with Crippen molar-refractivity contribution in [3.8, 4) is 0 Å². The summed E-state index contributed by atoms with van der Waals surface area (Å²) in [5.41, 5.74) is 0. The van der Waals surface area contributed by atoms with Gasteiger partial charge in [0.05, 0.1) is 0 Å². The number of rotatable bonds is 6. The fourth-order valence-electron chi connectivity index (χ4n) is 2.46. The van der Waals surface area contributed by atoms with Crippen molar-refractivity contribution < 1.29 is 9.90 Å². The molecule has 2 unspecified atom stereocenters. The SMILES string of the molecule is CC1CCC(C)N(CCCCCC(=O)O)C1. The van der Waals surface area contributed by atoms with Gasteiger partial charge < -0.3 is 10.0 Å². The van der Waals surface area contributed by atoms with E-state index in [1.165, 1.54) is 19.4 Å². The van der Waals surface area contributed by atoms with E-state index in [0.29, 0.717) is 6.42 Å². The van der Waals surface area contributed by atoms with Crippen molar-refractivity contribution in [2.24, 2.45) is 5.92 Å². The summed E-state index contributed by atoms with van der Waals surface area (Å²) in [6.45, 7) is 7.00. The smallest absolute Gasteiger partial charge is 0.303 e. The van der Waals surface area contributed by atoms with Crippen LogP contribution in [0.25, 0.3) is 0 Å². The second-order valence-electron chi connectivity index (χ2n) is 5.23. The molecule has 1 aliphatic rings. The molecule has 1 heterocycles. The molecule has 0 aromatic carbocycles. The van der Waals surface area contributed by atoms with Crippen molar-refractivity contribution in [2.75, 3.05) is 13.1 Å². The van der Waals surface area contributed by atoms with Crippen molar-refractivity contribution in [2.45, 2.75) is 58.4 Å². The van der Waals surface area contributed by atoms with E-state index in [9.17, 15) is 4.79 Å². The second kappa shape index (κ2) is 6.89. The van der Waals surface area contributed by atoms with E-state index >= 15 is 0 Å². The number of hydrogen-bond donors (Lipinski definition) is 1. The zero-order chi connectivity index (χ0) is 12.0. The van der Waals surface area contributed by atoms with E-state index in [0.717, 1.165) is 37.8 Å². The van der Waals surface area contributed by atoms with Crippen LogP contribution in [0.15, 0.2) is 0 Å². The predicted molar refractivity (Wildman–Crippen MR) is 65.5 cm³/mol. The lowest BCUT2D eigenvalue weighted by Crippen LogP contribution is -2.41. The molecule has 1 aliphatic heterocycles. The fraction of sp³-hybridized carbons (Fsp3) is 0.923. The molecule has 2 atom stereocenters. The summed E-state index contributed by atoms with van der Waals surface area (Å²) in [6.07, 6.45) is 6.01. The maximum absolute atomic E-state index is 10.3. The maximum atomic E-state index is 10.3. The van der Waals surface area contributed by atoms with Gasteiger partial charge in [0.25, 0.3) is 0 Å². The van der Waals surface area contributed by atoms with Gasteiger partial charge in [-0.2, -0.15) is 0 Å². The van der Waals surface area contributed by atoms with Gasteiger partial charge in [0.15, 0.2) is 0 Å². The van der Waals surface area contributed by atoms with Crippen LogP contribution in [0.1, 0.15) is 52.4 Å². The number of carbonyl (C=O) groups is 1. The fourth-order valence-corrected chi connectivity index (χ4v) is 2.46. The first-order valence-corrected chi connectivity index (χ1v) is 6.55. The molecular formula is C13H25NO2. The highest BCUT2D eigenvalue weighted by Crippen LogP contribution is 2.21. The van der Waals surface area contributed by atoms with Crippen molar-refractivity contribution in [3.05, 3.63) is 0 Å². The Labute approximate surface area is 98.8 Å². The minimum absolute atomic E-state index is 0.325. The molecule has 0 bridgehead atoms. The normalized spacial score (nSPS) is 26.9. The second-order valence-corrected chi connectivity index (χ2v) is 5.23. The van der Waals surface area contributed by atoms with Crippen molar-refractivity contribution >= 4 is 5.97 Å². The Morgan fingerprint density at radius 1 is 1.25 bits per heavy atom. The number of nitrogens with zero attached hydrogens (tertiary/aromatic N) is 1. The molecule has 1 N–H and O–H groups in total. The van der Waals surface area contributed by atoms with Gasteiger partial charge in [0.1, 0.15) is 0 Å². The van der Waals surface area contributed by atoms with Gasteiger partial charge in [0, 0.05) is 19.0 Å². The van der Waals surface area contributed by atoms with Gasteiger partial charge in [0.2, 0.25) is 0 Å². The zero-order valence-electron chi connectivity index (χ0n) is 10.6. The summed E-state index contributed by atoms with van der Waals surface area (Å²) in [4.78, 5) is 12.9. The van der Waals surface area contributed by atoms with E-state index in [1.807, 2.05) is 0 Å². The topological polar surface area (TPSA) is 40.5 Å². The minimum atomic E-state index is -0.667. The molecule has 1 fully saturated rings. The summed E-state index contributed by atoms with van der Waals surface area (Å²) in [5.74, 6) is 0.162. The molecule has 3 heteroatoms. The third-order valence-electron chi connectivity index (χ3n) is 3.58. The number of carboxylic acids is 1. The van der Waals surface area contributed by atoms with Gasteiger partial charge in [-0.05, 0) is 45.1 Å². The molecular weight excluding hydrogens is 202 g/mol. The molecule has 0 aromatic heterocycles. The van der Waals surface area contributed by atoms with Crippen LogP contribution < -0.4 is 0 Å². The van der Waals surface area contributed by atoms with Crippen LogP contribution in [0.3, 0.4) is 0 Å². The summed E-state index contributed by atoms with van der Waals surface area (Å²) >= 11 is 0. The average Bonchev–Trinajstić information content (AvgIpc) is 2.22. The third-order valence-corrected chi connectivity index (χ3v) is 3.58. The molecule has 0 aliphatic carbocycles. The van der Waals surface area contributed by atoms with Crippen LogP contribution in [0.4, 0.5) is 0 Å². The van der Waals surface area contributed by atoms with Crippen LogP contribution in [0.5, 0.6) is 0 Å². The number of carboxylic acid groups (broad SMARTS) is 1. The van der Waals surface area contributed by atoms with Crippen molar-refractivity contribution in [1.82, 2.24) is 4.90 Å². The number of aliphatic carboxylic acids is 1. The van der Waals surface area contributed by atoms with E-state index in [4.69, 9.17) is 5.11 Å². The summed E-state index contributed by atoms with van der Waals surface area (Å²) < 4.78 is 0. The Hall–Kier alpha value is -0.570. The van der Waals surface area contributed by atoms with E-state index in [2.05, 4.69) is 18.7 Å². The van der Waals surface area contributed by atoms with Crippen LogP contribution in [0, 0.1) is 5.92 Å². The Morgan fingerprint density at radius 2 is 2.00 bits per heavy atom. The van der Waals surface area contributed by atoms with Gasteiger partial charge >= 0.3 is 5.97 Å². The molecule has 0 radical (unpaired) electrons. The van der Waals surface area contributed by atoms with Gasteiger partial charge in [-0.1, -0.05) is 13.3 Å². The molecule has 1 saturated heterocycles. The Morgan fingerprint density at radius 3 is 2.69 bits per heavy atom. The summed E-state index contributed by atoms with van der Waals surface area (Å²) in [7, 11) is 0. The third kappa shape index (κ3) is 4.97. The predicted octanol–water partition coefficient (Wildman–Crippen LogP) is 2.75. The Balaban J connectivity index is 2.09. The standard InChI is InChI=1S/C13H25NO2/c1-11-7-8-12(2)14(10-11)9-5-3-4-6-13(15)16/h11-12H,3-10H2,1-2H3,(H,15,16). The molecule has 3 nitrogen and oxygen atoms in total. The van der Waals surface area contributed by atoms with Crippen molar-refractivity contribution in [1.29, 1.82) is 0 Å². The maximum Gasteiger partial charge on any atom is 0.303 e. The molecule has 0 amide bonds. The molecule has 0 aromatic rings. The Kier molecular flexibility index (Phi) is 5.81. The minimum Gasteiger partial charge on any atom is -0.481 e. The van der Waals surface area contributed by atoms with Crippen LogP contribution in [0.2, 0.25) is 0 Å². The largest absolute Gasteiger partial charge is 0.481 e. The highest BCUT2D eigenvalue weighted by Gasteiger charge is 2.21. The Bertz CT molecular complexity index is 218. The molecule has 0 saturated carbocycles. The average molecular weight is 227 g/mol. The molecule has 16 heavy (non-hydrogen) atoms. The molecule has 1 rings (SSSR count). The first-order valence-electron chi connectivity index (χ1n) is 6.55. The number of likely N-dealkylation sites (tertiary alicyclic amines) is 1. The van der Waals surface area contributed by atoms with Gasteiger partial charge in [-0.25, -0.2) is 0 Å². The lowest BCUT2D eigenvalue weighted by atomic mass is 9.95. The van der Waals surface area contributed by atoms with Crippen LogP contribution >= 0.6 is 0 Å². The highest BCUT2D eigenvalue weighted by molar-refractivity contribution is 5.66. The molecule has 94 valence electrons. The first-order chi connectivity index (χ1) is 7.59. The highest BCUT2D eigenvalue weighted by atomic mass is 16.4. The van der Waals surface area contributed by atoms with E-state index < -0.39 is 5.97 Å².